The second kappa shape index (κ2) is 6.43. The SMILES string of the molecule is O=Cc1csc(-c2cnn(C3OC(CO)C(O)C(O)C3O)c2)n1. The molecule has 9 nitrogen and oxygen atoms in total. The van der Waals surface area contributed by atoms with E-state index < -0.39 is 37.3 Å². The van der Waals surface area contributed by atoms with Gasteiger partial charge < -0.3 is 25.2 Å². The van der Waals surface area contributed by atoms with E-state index in [9.17, 15) is 25.2 Å². The molecule has 1 saturated heterocycles. The van der Waals surface area contributed by atoms with E-state index >= 15 is 0 Å². The van der Waals surface area contributed by atoms with Crippen LogP contribution in [0.5, 0.6) is 0 Å². The molecule has 3 heterocycles. The predicted octanol–water partition coefficient (Wildman–Crippen LogP) is -1.21. The minimum absolute atomic E-state index is 0.311. The molecule has 0 radical (unpaired) electrons. The number of thiazole rings is 1. The molecule has 0 aliphatic carbocycles. The van der Waals surface area contributed by atoms with Crippen LogP contribution in [0.15, 0.2) is 17.8 Å². The van der Waals surface area contributed by atoms with Crippen molar-refractivity contribution in [1.82, 2.24) is 14.8 Å². The molecule has 1 fully saturated rings. The quantitative estimate of drug-likeness (QED) is 0.508. The van der Waals surface area contributed by atoms with Crippen molar-refractivity contribution >= 4 is 17.6 Å². The van der Waals surface area contributed by atoms with Gasteiger partial charge in [-0.2, -0.15) is 5.10 Å². The maximum absolute atomic E-state index is 10.7. The second-order valence-corrected chi connectivity index (χ2v) is 5.98. The molecule has 0 aromatic carbocycles. The summed E-state index contributed by atoms with van der Waals surface area (Å²) < 4.78 is 6.69. The van der Waals surface area contributed by atoms with Crippen molar-refractivity contribution in [2.45, 2.75) is 30.6 Å². The third kappa shape index (κ3) is 2.92. The van der Waals surface area contributed by atoms with E-state index in [4.69, 9.17) is 4.74 Å². The standard InChI is InChI=1S/C13H15N3O6S/c17-3-7-5-23-12(15-7)6-1-14-16(2-6)13-11(21)10(20)9(19)8(4-18)22-13/h1-3,5,8-11,13,18-21H,4H2. The van der Waals surface area contributed by atoms with Crippen LogP contribution in [0.2, 0.25) is 0 Å². The predicted molar refractivity (Wildman–Crippen MR) is 77.7 cm³/mol. The van der Waals surface area contributed by atoms with Crippen molar-refractivity contribution < 1.29 is 30.0 Å². The molecule has 0 saturated carbocycles. The lowest BCUT2D eigenvalue weighted by Crippen LogP contribution is -2.56. The van der Waals surface area contributed by atoms with Gasteiger partial charge in [0.15, 0.2) is 12.5 Å². The van der Waals surface area contributed by atoms with Crippen molar-refractivity contribution in [2.24, 2.45) is 0 Å². The van der Waals surface area contributed by atoms with Crippen LogP contribution in [0.4, 0.5) is 0 Å². The molecular formula is C13H15N3O6S. The minimum atomic E-state index is -1.47. The topological polar surface area (TPSA) is 138 Å². The van der Waals surface area contributed by atoms with E-state index in [1.807, 2.05) is 0 Å². The smallest absolute Gasteiger partial charge is 0.179 e. The Kier molecular flexibility index (Phi) is 4.53. The average Bonchev–Trinajstić information content (AvgIpc) is 3.21. The van der Waals surface area contributed by atoms with Gasteiger partial charge in [-0.3, -0.25) is 4.79 Å². The van der Waals surface area contributed by atoms with Crippen molar-refractivity contribution in [3.05, 3.63) is 23.5 Å². The van der Waals surface area contributed by atoms with Crippen molar-refractivity contribution in [3.63, 3.8) is 0 Å². The Hall–Kier alpha value is -1.69. The summed E-state index contributed by atoms with van der Waals surface area (Å²) in [7, 11) is 0. The molecule has 23 heavy (non-hydrogen) atoms. The summed E-state index contributed by atoms with van der Waals surface area (Å²) in [6.45, 7) is -0.509. The summed E-state index contributed by atoms with van der Waals surface area (Å²) in [6, 6.07) is 0. The first-order chi connectivity index (χ1) is 11.0. The molecule has 0 amide bonds. The maximum Gasteiger partial charge on any atom is 0.179 e. The zero-order valence-electron chi connectivity index (χ0n) is 11.8. The van der Waals surface area contributed by atoms with Gasteiger partial charge in [0.25, 0.3) is 0 Å². The number of ether oxygens (including phenoxy) is 1. The van der Waals surface area contributed by atoms with Crippen LogP contribution in [0.25, 0.3) is 10.6 Å². The molecule has 2 aromatic rings. The van der Waals surface area contributed by atoms with Crippen LogP contribution >= 0.6 is 11.3 Å². The fraction of sp³-hybridized carbons (Fsp3) is 0.462. The van der Waals surface area contributed by atoms with Crippen molar-refractivity contribution in [3.8, 4) is 10.6 Å². The molecule has 4 N–H and O–H groups in total. The minimum Gasteiger partial charge on any atom is -0.394 e. The van der Waals surface area contributed by atoms with Gasteiger partial charge in [0.1, 0.15) is 35.1 Å². The van der Waals surface area contributed by atoms with Crippen LogP contribution < -0.4 is 0 Å². The van der Waals surface area contributed by atoms with Crippen molar-refractivity contribution in [1.29, 1.82) is 0 Å². The van der Waals surface area contributed by atoms with Gasteiger partial charge in [0.05, 0.1) is 12.8 Å². The Morgan fingerprint density at radius 2 is 2.09 bits per heavy atom. The summed E-state index contributed by atoms with van der Waals surface area (Å²) in [6.07, 6.45) is -2.72. The van der Waals surface area contributed by atoms with Gasteiger partial charge in [0, 0.05) is 17.1 Å². The number of aliphatic hydroxyl groups is 4. The molecule has 1 aliphatic rings. The van der Waals surface area contributed by atoms with E-state index in [2.05, 4.69) is 10.1 Å². The zero-order chi connectivity index (χ0) is 16.6. The Morgan fingerprint density at radius 1 is 1.30 bits per heavy atom. The number of rotatable bonds is 4. The number of hydrogen-bond donors (Lipinski definition) is 4. The summed E-state index contributed by atoms with van der Waals surface area (Å²) in [4.78, 5) is 14.8. The van der Waals surface area contributed by atoms with Gasteiger partial charge in [-0.1, -0.05) is 0 Å². The number of aromatic nitrogens is 3. The maximum atomic E-state index is 10.7. The lowest BCUT2D eigenvalue weighted by Gasteiger charge is -2.39. The fourth-order valence-corrected chi connectivity index (χ4v) is 3.10. The highest BCUT2D eigenvalue weighted by atomic mass is 32.1. The van der Waals surface area contributed by atoms with E-state index in [1.54, 1.807) is 11.6 Å². The van der Waals surface area contributed by atoms with Gasteiger partial charge in [-0.15, -0.1) is 11.3 Å². The molecule has 0 bridgehead atoms. The monoisotopic (exact) mass is 341 g/mol. The van der Waals surface area contributed by atoms with Gasteiger partial charge in [0.2, 0.25) is 0 Å². The number of carbonyl (C=O) groups excluding carboxylic acids is 1. The molecule has 10 heteroatoms. The van der Waals surface area contributed by atoms with Crippen LogP contribution in [0.3, 0.4) is 0 Å². The summed E-state index contributed by atoms with van der Waals surface area (Å²) in [5.41, 5.74) is 0.922. The summed E-state index contributed by atoms with van der Waals surface area (Å²) in [5, 5.41) is 45.1. The van der Waals surface area contributed by atoms with Crippen LogP contribution in [-0.2, 0) is 4.74 Å². The number of aliphatic hydroxyl groups excluding tert-OH is 4. The lowest BCUT2D eigenvalue weighted by molar-refractivity contribution is -0.253. The molecular weight excluding hydrogens is 326 g/mol. The van der Waals surface area contributed by atoms with E-state index in [-0.39, 0.29) is 0 Å². The number of nitrogens with zero attached hydrogens (tertiary/aromatic N) is 3. The second-order valence-electron chi connectivity index (χ2n) is 5.12. The summed E-state index contributed by atoms with van der Waals surface area (Å²) >= 11 is 1.27. The number of carbonyl (C=O) groups is 1. The van der Waals surface area contributed by atoms with E-state index in [0.29, 0.717) is 22.6 Å². The molecule has 1 aliphatic heterocycles. The molecule has 2 aromatic heterocycles. The largest absolute Gasteiger partial charge is 0.394 e. The lowest BCUT2D eigenvalue weighted by atomic mass is 9.98. The van der Waals surface area contributed by atoms with Gasteiger partial charge in [-0.25, -0.2) is 9.67 Å². The summed E-state index contributed by atoms with van der Waals surface area (Å²) in [5.74, 6) is 0. The molecule has 3 rings (SSSR count). The third-order valence-corrected chi connectivity index (χ3v) is 4.53. The van der Waals surface area contributed by atoms with Crippen molar-refractivity contribution in [2.75, 3.05) is 6.61 Å². The highest BCUT2D eigenvalue weighted by Gasteiger charge is 2.44. The molecule has 5 unspecified atom stereocenters. The third-order valence-electron chi connectivity index (χ3n) is 3.62. The highest BCUT2D eigenvalue weighted by Crippen LogP contribution is 2.30. The Bertz CT molecular complexity index is 687. The van der Waals surface area contributed by atoms with Gasteiger partial charge in [-0.05, 0) is 0 Å². The molecule has 5 atom stereocenters. The van der Waals surface area contributed by atoms with Crippen LogP contribution in [0, 0.1) is 0 Å². The average molecular weight is 341 g/mol. The van der Waals surface area contributed by atoms with Gasteiger partial charge >= 0.3 is 0 Å². The Labute approximate surface area is 134 Å². The van der Waals surface area contributed by atoms with Crippen LogP contribution in [-0.4, -0.2) is 72.5 Å². The van der Waals surface area contributed by atoms with E-state index in [1.165, 1.54) is 22.2 Å². The first-order valence-corrected chi connectivity index (χ1v) is 7.69. The fourth-order valence-electron chi connectivity index (χ4n) is 2.36. The molecule has 0 spiro atoms. The normalized spacial score (nSPS) is 31.2. The first kappa shape index (κ1) is 16.2. The van der Waals surface area contributed by atoms with Crippen LogP contribution in [0.1, 0.15) is 16.7 Å². The zero-order valence-corrected chi connectivity index (χ0v) is 12.6. The Balaban J connectivity index is 1.85. The first-order valence-electron chi connectivity index (χ1n) is 6.81. The Morgan fingerprint density at radius 3 is 2.74 bits per heavy atom. The number of aldehydes is 1. The molecule has 124 valence electrons. The highest BCUT2D eigenvalue weighted by molar-refractivity contribution is 7.13. The van der Waals surface area contributed by atoms with E-state index in [0.717, 1.165) is 0 Å². The number of hydrogen-bond acceptors (Lipinski definition) is 9.